The number of piperazine rings is 1. The lowest BCUT2D eigenvalue weighted by atomic mass is 10.1. The molecule has 31 heavy (non-hydrogen) atoms. The molecule has 1 aromatic carbocycles. The van der Waals surface area contributed by atoms with Gasteiger partial charge in [-0.15, -0.1) is 0 Å². The van der Waals surface area contributed by atoms with E-state index in [2.05, 4.69) is 0 Å². The number of ether oxygens (including phenoxy) is 1. The maximum atomic E-state index is 12.9. The number of carbonyl (C=O) groups excluding carboxylic acids is 2. The summed E-state index contributed by atoms with van der Waals surface area (Å²) in [6, 6.07) is 7.10. The van der Waals surface area contributed by atoms with E-state index < -0.39 is 15.9 Å². The molecule has 2 aliphatic heterocycles. The van der Waals surface area contributed by atoms with Gasteiger partial charge >= 0.3 is 0 Å². The van der Waals surface area contributed by atoms with Crippen LogP contribution in [0.25, 0.3) is 6.08 Å². The van der Waals surface area contributed by atoms with Crippen molar-refractivity contribution in [1.82, 2.24) is 13.8 Å². The van der Waals surface area contributed by atoms with Gasteiger partial charge in [0.05, 0.1) is 6.61 Å². The zero-order valence-corrected chi connectivity index (χ0v) is 18.0. The van der Waals surface area contributed by atoms with Crippen molar-refractivity contribution in [3.8, 4) is 5.75 Å². The molecule has 2 aliphatic rings. The number of hydrogen-bond donors (Lipinski definition) is 1. The van der Waals surface area contributed by atoms with Crippen molar-refractivity contribution >= 4 is 27.9 Å². The van der Waals surface area contributed by atoms with E-state index in [1.165, 1.54) is 27.2 Å². The quantitative estimate of drug-likeness (QED) is 0.679. The molecule has 164 valence electrons. The fraction of sp³-hybridized carbons (Fsp3) is 0.333. The van der Waals surface area contributed by atoms with Crippen molar-refractivity contribution in [2.75, 3.05) is 32.8 Å². The van der Waals surface area contributed by atoms with E-state index in [0.29, 0.717) is 6.61 Å². The third-order valence-corrected chi connectivity index (χ3v) is 7.42. The molecule has 0 unspecified atom stereocenters. The summed E-state index contributed by atoms with van der Waals surface area (Å²) in [5, 5.41) is 0. The summed E-state index contributed by atoms with van der Waals surface area (Å²) in [5.74, 6) is 0.0359. The monoisotopic (exact) mass is 444 g/mol. The topological polar surface area (TPSA) is 115 Å². The number of aryl methyl sites for hydroxylation is 1. The second kappa shape index (κ2) is 8.20. The van der Waals surface area contributed by atoms with Crippen LogP contribution in [0.3, 0.4) is 0 Å². The Morgan fingerprint density at radius 3 is 2.55 bits per heavy atom. The first-order valence-electron chi connectivity index (χ1n) is 9.95. The van der Waals surface area contributed by atoms with Crippen LogP contribution in [0.4, 0.5) is 0 Å². The van der Waals surface area contributed by atoms with Crippen molar-refractivity contribution in [2.45, 2.75) is 11.3 Å². The first-order chi connectivity index (χ1) is 14.8. The maximum Gasteiger partial charge on any atom is 0.265 e. The van der Waals surface area contributed by atoms with Crippen LogP contribution in [0.15, 0.2) is 41.4 Å². The molecule has 10 heteroatoms. The Kier molecular flexibility index (Phi) is 5.59. The molecule has 1 fully saturated rings. The number of carbonyl (C=O) groups is 2. The normalized spacial score (nSPS) is 17.0. The molecule has 9 nitrogen and oxygen atoms in total. The molecule has 1 aromatic heterocycles. The van der Waals surface area contributed by atoms with Crippen LogP contribution in [-0.2, 0) is 28.3 Å². The van der Waals surface area contributed by atoms with Crippen molar-refractivity contribution in [1.29, 1.82) is 0 Å². The summed E-state index contributed by atoms with van der Waals surface area (Å²) in [7, 11) is -2.21. The lowest BCUT2D eigenvalue weighted by Crippen LogP contribution is -2.50. The van der Waals surface area contributed by atoms with Crippen molar-refractivity contribution in [2.24, 2.45) is 12.8 Å². The summed E-state index contributed by atoms with van der Waals surface area (Å²) in [6.45, 7) is 1.62. The predicted octanol–water partition coefficient (Wildman–Crippen LogP) is 0.605. The van der Waals surface area contributed by atoms with Gasteiger partial charge in [0.25, 0.3) is 5.91 Å². The molecule has 0 bridgehead atoms. The first kappa shape index (κ1) is 21.1. The molecule has 2 N–H and O–H groups in total. The summed E-state index contributed by atoms with van der Waals surface area (Å²) in [4.78, 5) is 25.6. The van der Waals surface area contributed by atoms with Crippen LogP contribution >= 0.6 is 0 Å². The van der Waals surface area contributed by atoms with E-state index in [-0.39, 0.29) is 42.7 Å². The largest absolute Gasteiger partial charge is 0.493 e. The Bertz CT molecular complexity index is 1160. The average molecular weight is 445 g/mol. The number of amides is 2. The maximum absolute atomic E-state index is 12.9. The fourth-order valence-corrected chi connectivity index (χ4v) is 5.30. The second-order valence-corrected chi connectivity index (χ2v) is 9.50. The van der Waals surface area contributed by atoms with Gasteiger partial charge < -0.3 is 19.9 Å². The molecule has 3 heterocycles. The molecule has 2 amide bonds. The summed E-state index contributed by atoms with van der Waals surface area (Å²) >= 11 is 0. The number of sulfonamides is 1. The minimum absolute atomic E-state index is 0.0176. The molecule has 0 atom stereocenters. The number of aromatic nitrogens is 1. The van der Waals surface area contributed by atoms with Crippen LogP contribution in [0.5, 0.6) is 5.75 Å². The number of hydrogen-bond acceptors (Lipinski definition) is 5. The van der Waals surface area contributed by atoms with Gasteiger partial charge in [-0.25, -0.2) is 8.42 Å². The van der Waals surface area contributed by atoms with Gasteiger partial charge in [-0.3, -0.25) is 9.59 Å². The highest BCUT2D eigenvalue weighted by molar-refractivity contribution is 7.89. The lowest BCUT2D eigenvalue weighted by Gasteiger charge is -2.33. The van der Waals surface area contributed by atoms with E-state index in [4.69, 9.17) is 10.5 Å². The van der Waals surface area contributed by atoms with Crippen LogP contribution in [-0.4, -0.2) is 66.8 Å². The van der Waals surface area contributed by atoms with E-state index in [1.54, 1.807) is 18.0 Å². The van der Waals surface area contributed by atoms with Gasteiger partial charge in [-0.1, -0.05) is 6.07 Å². The van der Waals surface area contributed by atoms with Gasteiger partial charge in [-0.2, -0.15) is 4.31 Å². The standard InChI is InChI=1S/C21H24N4O5S/c1-23-14-17(13-18(23)21(22)27)31(28,29)25-9-7-24(8-10-25)20(26)5-3-15-2-4-19-16(12-15)6-11-30-19/h2-5,12-14H,6-11H2,1H3,(H2,22,27)/b5-3+. The first-order valence-corrected chi connectivity index (χ1v) is 11.4. The Morgan fingerprint density at radius 1 is 1.13 bits per heavy atom. The summed E-state index contributed by atoms with van der Waals surface area (Å²) in [5.41, 5.74) is 7.45. The Balaban J connectivity index is 1.38. The minimum Gasteiger partial charge on any atom is -0.493 e. The highest BCUT2D eigenvalue weighted by Gasteiger charge is 2.31. The minimum atomic E-state index is -3.77. The van der Waals surface area contributed by atoms with Crippen molar-refractivity contribution < 1.29 is 22.7 Å². The van der Waals surface area contributed by atoms with Gasteiger partial charge in [0.15, 0.2) is 0 Å². The van der Waals surface area contributed by atoms with Crippen LogP contribution in [0, 0.1) is 0 Å². The van der Waals surface area contributed by atoms with Crippen molar-refractivity contribution in [3.63, 3.8) is 0 Å². The molecule has 2 aromatic rings. The SMILES string of the molecule is Cn1cc(S(=O)(=O)N2CCN(C(=O)/C=C/c3ccc4c(c3)CCO4)CC2)cc1C(N)=O. The lowest BCUT2D eigenvalue weighted by molar-refractivity contribution is -0.127. The highest BCUT2D eigenvalue weighted by atomic mass is 32.2. The van der Waals surface area contributed by atoms with E-state index in [1.807, 2.05) is 18.2 Å². The fourth-order valence-electron chi connectivity index (χ4n) is 3.80. The van der Waals surface area contributed by atoms with E-state index >= 15 is 0 Å². The molecular formula is C21H24N4O5S. The van der Waals surface area contributed by atoms with Gasteiger partial charge in [0.2, 0.25) is 15.9 Å². The van der Waals surface area contributed by atoms with Gasteiger partial charge in [0, 0.05) is 51.9 Å². The molecular weight excluding hydrogens is 420 g/mol. The number of nitrogens with zero attached hydrogens (tertiary/aromatic N) is 3. The van der Waals surface area contributed by atoms with Gasteiger partial charge in [0.1, 0.15) is 16.3 Å². The third kappa shape index (κ3) is 4.21. The van der Waals surface area contributed by atoms with E-state index in [9.17, 15) is 18.0 Å². The molecule has 0 radical (unpaired) electrons. The smallest absolute Gasteiger partial charge is 0.265 e. The molecule has 0 aliphatic carbocycles. The molecule has 0 spiro atoms. The number of nitrogens with two attached hydrogens (primary N) is 1. The van der Waals surface area contributed by atoms with E-state index in [0.717, 1.165) is 23.3 Å². The van der Waals surface area contributed by atoms with Crippen molar-refractivity contribution in [3.05, 3.63) is 53.4 Å². The van der Waals surface area contributed by atoms with Gasteiger partial charge in [-0.05, 0) is 35.4 Å². The highest BCUT2D eigenvalue weighted by Crippen LogP contribution is 2.26. The molecule has 0 saturated carbocycles. The Hall–Kier alpha value is -3.11. The zero-order valence-electron chi connectivity index (χ0n) is 17.2. The van der Waals surface area contributed by atoms with Crippen LogP contribution < -0.4 is 10.5 Å². The van der Waals surface area contributed by atoms with Crippen LogP contribution in [0.1, 0.15) is 21.6 Å². The second-order valence-electron chi connectivity index (χ2n) is 7.56. The van der Waals surface area contributed by atoms with Crippen LogP contribution in [0.2, 0.25) is 0 Å². The molecule has 4 rings (SSSR count). The number of fused-ring (bicyclic) bond motifs is 1. The molecule has 1 saturated heterocycles. The Morgan fingerprint density at radius 2 is 1.87 bits per heavy atom. The zero-order chi connectivity index (χ0) is 22.2. The Labute approximate surface area is 180 Å². The number of benzene rings is 1. The summed E-state index contributed by atoms with van der Waals surface area (Å²) in [6.07, 6.45) is 5.51. The third-order valence-electron chi connectivity index (χ3n) is 5.55. The average Bonchev–Trinajstić information content (AvgIpc) is 3.38. The predicted molar refractivity (Wildman–Crippen MR) is 114 cm³/mol. The number of primary amides is 1. The summed E-state index contributed by atoms with van der Waals surface area (Å²) < 4.78 is 34.0. The number of rotatable bonds is 5.